The number of amides is 1. The van der Waals surface area contributed by atoms with Crippen LogP contribution in [0.2, 0.25) is 0 Å². The van der Waals surface area contributed by atoms with Crippen molar-refractivity contribution in [2.75, 3.05) is 19.8 Å². The Morgan fingerprint density at radius 3 is 2.93 bits per heavy atom. The molecule has 0 aliphatic carbocycles. The summed E-state index contributed by atoms with van der Waals surface area (Å²) in [6.07, 6.45) is 0.331. The summed E-state index contributed by atoms with van der Waals surface area (Å²) in [5, 5.41) is 9.05. The first-order valence-electron chi connectivity index (χ1n) is 5.23. The molecule has 5 heteroatoms. The normalized spacial score (nSPS) is 28.9. The molecule has 0 aromatic heterocycles. The molecule has 0 bridgehead atoms. The molecule has 1 heterocycles. The molecule has 0 radical (unpaired) electrons. The number of carbonyl (C=O) groups is 1. The molecule has 0 saturated carbocycles. The van der Waals surface area contributed by atoms with Gasteiger partial charge in [0.05, 0.1) is 12.8 Å². The zero-order valence-corrected chi connectivity index (χ0v) is 9.58. The highest BCUT2D eigenvalue weighted by atomic mass is 35.5. The van der Waals surface area contributed by atoms with Crippen LogP contribution >= 0.6 is 11.6 Å². The van der Waals surface area contributed by atoms with Gasteiger partial charge in [0, 0.05) is 19.0 Å². The summed E-state index contributed by atoms with van der Waals surface area (Å²) >= 11 is 5.69. The number of nitrogens with zero attached hydrogens (tertiary/aromatic N) is 1. The van der Waals surface area contributed by atoms with Crippen LogP contribution in [0.3, 0.4) is 0 Å². The standard InChI is InChI=1S/C10H17ClFNO2/c1-7(11)10(15)13-5-3-9(14)8(6-13)2-4-12/h7-9,14H,2-6H2,1H3/t7-,8+,9-/m0/s1. The van der Waals surface area contributed by atoms with Gasteiger partial charge in [-0.2, -0.15) is 0 Å². The predicted octanol–water partition coefficient (Wildman–Crippen LogP) is 1.18. The van der Waals surface area contributed by atoms with Crippen LogP contribution in [-0.2, 0) is 4.79 Å². The Morgan fingerprint density at radius 2 is 2.40 bits per heavy atom. The molecule has 1 rings (SSSR count). The molecule has 0 aromatic carbocycles. The number of alkyl halides is 2. The maximum atomic E-state index is 12.2. The van der Waals surface area contributed by atoms with Crippen LogP contribution in [0.5, 0.6) is 0 Å². The first kappa shape index (κ1) is 12.7. The van der Waals surface area contributed by atoms with Crippen LogP contribution in [0.15, 0.2) is 0 Å². The van der Waals surface area contributed by atoms with Gasteiger partial charge in [0.1, 0.15) is 5.38 Å². The quantitative estimate of drug-likeness (QED) is 0.749. The Hall–Kier alpha value is -0.350. The lowest BCUT2D eigenvalue weighted by Gasteiger charge is -2.36. The SMILES string of the molecule is C[C@H](Cl)C(=O)N1CC[C@H](O)[C@H](CCF)C1. The van der Waals surface area contributed by atoms with Gasteiger partial charge in [-0.25, -0.2) is 0 Å². The zero-order chi connectivity index (χ0) is 11.4. The van der Waals surface area contributed by atoms with Gasteiger partial charge in [-0.3, -0.25) is 9.18 Å². The summed E-state index contributed by atoms with van der Waals surface area (Å²) < 4.78 is 12.2. The smallest absolute Gasteiger partial charge is 0.240 e. The molecule has 0 spiro atoms. The summed E-state index contributed by atoms with van der Waals surface area (Å²) in [7, 11) is 0. The van der Waals surface area contributed by atoms with Gasteiger partial charge in [-0.15, -0.1) is 11.6 Å². The number of hydrogen-bond acceptors (Lipinski definition) is 2. The van der Waals surface area contributed by atoms with Gasteiger partial charge >= 0.3 is 0 Å². The molecular weight excluding hydrogens is 221 g/mol. The Morgan fingerprint density at radius 1 is 1.73 bits per heavy atom. The first-order chi connectivity index (χ1) is 7.06. The lowest BCUT2D eigenvalue weighted by molar-refractivity contribution is -0.134. The fourth-order valence-corrected chi connectivity index (χ4v) is 2.03. The number of likely N-dealkylation sites (tertiary alicyclic amines) is 1. The molecule has 1 amide bonds. The van der Waals surface area contributed by atoms with Crippen molar-refractivity contribution in [3.63, 3.8) is 0 Å². The van der Waals surface area contributed by atoms with Crippen molar-refractivity contribution >= 4 is 17.5 Å². The highest BCUT2D eigenvalue weighted by Crippen LogP contribution is 2.21. The minimum Gasteiger partial charge on any atom is -0.393 e. The number of aliphatic hydroxyl groups excluding tert-OH is 1. The highest BCUT2D eigenvalue weighted by molar-refractivity contribution is 6.30. The second-order valence-electron chi connectivity index (χ2n) is 3.99. The third kappa shape index (κ3) is 3.31. The number of aliphatic hydroxyl groups is 1. The molecule has 1 aliphatic rings. The van der Waals surface area contributed by atoms with Gasteiger partial charge in [0.25, 0.3) is 0 Å². The van der Waals surface area contributed by atoms with Crippen molar-refractivity contribution < 1.29 is 14.3 Å². The van der Waals surface area contributed by atoms with Crippen LogP contribution in [0.1, 0.15) is 19.8 Å². The Labute approximate surface area is 94.2 Å². The lowest BCUT2D eigenvalue weighted by Crippen LogP contribution is -2.48. The summed E-state index contributed by atoms with van der Waals surface area (Å²) in [6.45, 7) is 2.10. The van der Waals surface area contributed by atoms with Crippen LogP contribution in [0, 0.1) is 5.92 Å². The molecular formula is C10H17ClFNO2. The summed E-state index contributed by atoms with van der Waals surface area (Å²) in [5.74, 6) is -0.282. The molecule has 3 nitrogen and oxygen atoms in total. The van der Waals surface area contributed by atoms with Crippen molar-refractivity contribution in [3.05, 3.63) is 0 Å². The monoisotopic (exact) mass is 237 g/mol. The van der Waals surface area contributed by atoms with Crippen LogP contribution < -0.4 is 0 Å². The average molecular weight is 238 g/mol. The Balaban J connectivity index is 2.53. The number of hydrogen-bond donors (Lipinski definition) is 1. The second-order valence-corrected chi connectivity index (χ2v) is 4.65. The van der Waals surface area contributed by atoms with E-state index in [2.05, 4.69) is 0 Å². The van der Waals surface area contributed by atoms with Crippen molar-refractivity contribution in [1.29, 1.82) is 0 Å². The van der Waals surface area contributed by atoms with Gasteiger partial charge in [0.15, 0.2) is 0 Å². The van der Waals surface area contributed by atoms with E-state index in [1.54, 1.807) is 11.8 Å². The molecule has 15 heavy (non-hydrogen) atoms. The van der Waals surface area contributed by atoms with E-state index in [1.807, 2.05) is 0 Å². The van der Waals surface area contributed by atoms with Gasteiger partial charge < -0.3 is 10.0 Å². The third-order valence-corrected chi connectivity index (χ3v) is 3.01. The van der Waals surface area contributed by atoms with Crippen LogP contribution in [-0.4, -0.2) is 47.2 Å². The molecule has 0 aromatic rings. The third-order valence-electron chi connectivity index (χ3n) is 2.83. The number of rotatable bonds is 3. The number of carbonyl (C=O) groups excluding carboxylic acids is 1. The van der Waals surface area contributed by atoms with E-state index in [-0.39, 0.29) is 11.8 Å². The Bertz CT molecular complexity index is 225. The summed E-state index contributed by atoms with van der Waals surface area (Å²) in [6, 6.07) is 0. The van der Waals surface area contributed by atoms with Gasteiger partial charge in [-0.05, 0) is 19.8 Å². The molecule has 1 saturated heterocycles. The van der Waals surface area contributed by atoms with E-state index in [0.717, 1.165) is 0 Å². The van der Waals surface area contributed by atoms with E-state index >= 15 is 0 Å². The predicted molar refractivity (Wildman–Crippen MR) is 56.6 cm³/mol. The van der Waals surface area contributed by atoms with E-state index in [0.29, 0.717) is 25.9 Å². The molecule has 1 fully saturated rings. The fraction of sp³-hybridized carbons (Fsp3) is 0.900. The van der Waals surface area contributed by atoms with E-state index in [1.165, 1.54) is 0 Å². The van der Waals surface area contributed by atoms with Gasteiger partial charge in [0.2, 0.25) is 5.91 Å². The minimum absolute atomic E-state index is 0.132. The zero-order valence-electron chi connectivity index (χ0n) is 8.83. The molecule has 1 N–H and O–H groups in total. The molecule has 1 aliphatic heterocycles. The van der Waals surface area contributed by atoms with Crippen LogP contribution in [0.4, 0.5) is 4.39 Å². The van der Waals surface area contributed by atoms with E-state index in [4.69, 9.17) is 11.6 Å². The van der Waals surface area contributed by atoms with Crippen molar-refractivity contribution in [2.45, 2.75) is 31.2 Å². The van der Waals surface area contributed by atoms with Crippen molar-refractivity contribution in [3.8, 4) is 0 Å². The lowest BCUT2D eigenvalue weighted by atomic mass is 9.92. The van der Waals surface area contributed by atoms with Crippen molar-refractivity contribution in [2.24, 2.45) is 5.92 Å². The molecule has 0 unspecified atom stereocenters. The largest absolute Gasteiger partial charge is 0.393 e. The minimum atomic E-state index is -0.550. The number of halogens is 2. The van der Waals surface area contributed by atoms with E-state index < -0.39 is 18.2 Å². The highest BCUT2D eigenvalue weighted by Gasteiger charge is 2.31. The average Bonchev–Trinajstić information content (AvgIpc) is 2.20. The second kappa shape index (κ2) is 5.66. The first-order valence-corrected chi connectivity index (χ1v) is 5.66. The van der Waals surface area contributed by atoms with Crippen molar-refractivity contribution in [1.82, 2.24) is 4.90 Å². The maximum absolute atomic E-state index is 12.2. The van der Waals surface area contributed by atoms with E-state index in [9.17, 15) is 14.3 Å². The molecule has 88 valence electrons. The maximum Gasteiger partial charge on any atom is 0.240 e. The fourth-order valence-electron chi connectivity index (χ4n) is 1.90. The Kier molecular flexibility index (Phi) is 4.80. The summed E-state index contributed by atoms with van der Waals surface area (Å²) in [4.78, 5) is 13.2. The summed E-state index contributed by atoms with van der Waals surface area (Å²) in [5.41, 5.74) is 0. The number of piperidine rings is 1. The van der Waals surface area contributed by atoms with Gasteiger partial charge in [-0.1, -0.05) is 0 Å². The molecule has 3 atom stereocenters. The topological polar surface area (TPSA) is 40.5 Å². The van der Waals surface area contributed by atoms with Crippen LogP contribution in [0.25, 0.3) is 0 Å².